The molecule has 0 bridgehead atoms. The Labute approximate surface area is 44.3 Å². The zero-order chi connectivity index (χ0) is 3.58. The SMILES string of the molecule is C[C]([SiH3])=[Zr]. The Morgan fingerprint density at radius 2 is 2.00 bits per heavy atom. The van der Waals surface area contributed by atoms with Crippen LogP contribution in [0, 0.1) is 0 Å². The van der Waals surface area contributed by atoms with Gasteiger partial charge in [-0.3, -0.25) is 0 Å². The molecule has 0 radical (unpaired) electrons. The Balaban J connectivity index is 2.80. The number of hydrogen-bond donors (Lipinski definition) is 0. The second-order valence-corrected chi connectivity index (χ2v) is 7.42. The van der Waals surface area contributed by atoms with Crippen LogP contribution in [-0.2, 0) is 24.2 Å². The van der Waals surface area contributed by atoms with Crippen molar-refractivity contribution >= 4 is 13.1 Å². The topological polar surface area (TPSA) is 0 Å². The van der Waals surface area contributed by atoms with E-state index >= 15 is 0 Å². The van der Waals surface area contributed by atoms with Gasteiger partial charge in [0.2, 0.25) is 0 Å². The maximum absolute atomic E-state index is 2.19. The van der Waals surface area contributed by atoms with Crippen molar-refractivity contribution in [2.45, 2.75) is 6.92 Å². The van der Waals surface area contributed by atoms with Crippen LogP contribution in [0.5, 0.6) is 0 Å². The molecular weight excluding hydrogens is 143 g/mol. The van der Waals surface area contributed by atoms with E-state index in [4.69, 9.17) is 0 Å². The summed E-state index contributed by atoms with van der Waals surface area (Å²) in [6.45, 7) is 2.19. The van der Waals surface area contributed by atoms with Gasteiger partial charge in [-0.15, -0.1) is 0 Å². The van der Waals surface area contributed by atoms with E-state index < -0.39 is 0 Å². The number of rotatable bonds is 0. The fraction of sp³-hybridized carbons (Fsp3) is 0.500. The van der Waals surface area contributed by atoms with Gasteiger partial charge in [0.15, 0.2) is 0 Å². The van der Waals surface area contributed by atoms with Gasteiger partial charge in [-0.05, 0) is 0 Å². The second kappa shape index (κ2) is 2.22. The molecule has 0 aliphatic heterocycles. The molecule has 0 N–H and O–H groups in total. The molecule has 22 valence electrons. The van der Waals surface area contributed by atoms with Gasteiger partial charge in [0.25, 0.3) is 0 Å². The van der Waals surface area contributed by atoms with Gasteiger partial charge in [0.1, 0.15) is 0 Å². The summed E-state index contributed by atoms with van der Waals surface area (Å²) < 4.78 is 1.65. The molecule has 0 aliphatic rings. The van der Waals surface area contributed by atoms with Crippen molar-refractivity contribution in [3.8, 4) is 0 Å². The molecule has 0 nitrogen and oxygen atoms in total. The van der Waals surface area contributed by atoms with E-state index in [0.29, 0.717) is 0 Å². The summed E-state index contributed by atoms with van der Waals surface area (Å²) in [6, 6.07) is 0. The van der Waals surface area contributed by atoms with Crippen LogP contribution in [0.15, 0.2) is 0 Å². The molecule has 4 heavy (non-hydrogen) atoms. The van der Waals surface area contributed by atoms with Crippen LogP contribution in [0.25, 0.3) is 0 Å². The third-order valence-corrected chi connectivity index (χ3v) is 0. The van der Waals surface area contributed by atoms with Crippen molar-refractivity contribution in [3.05, 3.63) is 0 Å². The summed E-state index contributed by atoms with van der Waals surface area (Å²) in [6.07, 6.45) is 0. The van der Waals surface area contributed by atoms with E-state index in [2.05, 4.69) is 6.92 Å². The van der Waals surface area contributed by atoms with Crippen LogP contribution in [0.3, 0.4) is 0 Å². The third-order valence-electron chi connectivity index (χ3n) is 0. The summed E-state index contributed by atoms with van der Waals surface area (Å²) in [5.74, 6) is 0. The van der Waals surface area contributed by atoms with Crippen LogP contribution >= 0.6 is 0 Å². The molecule has 0 saturated heterocycles. The molecule has 0 atom stereocenters. The van der Waals surface area contributed by atoms with Gasteiger partial charge < -0.3 is 0 Å². The van der Waals surface area contributed by atoms with Gasteiger partial charge in [-0.2, -0.15) is 0 Å². The molecule has 0 aliphatic carbocycles. The first-order chi connectivity index (χ1) is 1.73. The zero-order valence-electron chi connectivity index (χ0n) is 3.00. The van der Waals surface area contributed by atoms with Crippen molar-refractivity contribution in [1.29, 1.82) is 0 Å². The third kappa shape index (κ3) is 12.3. The fourth-order valence-corrected chi connectivity index (χ4v) is 0. The first kappa shape index (κ1) is 4.97. The average Bonchev–Trinajstić information content (AvgIpc) is 0.811. The molecule has 2 heteroatoms. The summed E-state index contributed by atoms with van der Waals surface area (Å²) >= 11 is 1.62. The van der Waals surface area contributed by atoms with Gasteiger partial charge in [-0.25, -0.2) is 0 Å². The molecule has 0 aromatic carbocycles. The standard InChI is InChI=1S/C2H6Si.Zr/c1-2-3;/h1,3H3;. The van der Waals surface area contributed by atoms with Crippen molar-refractivity contribution in [2.75, 3.05) is 0 Å². The van der Waals surface area contributed by atoms with Crippen LogP contribution in [0.1, 0.15) is 6.92 Å². The van der Waals surface area contributed by atoms with E-state index in [-0.39, 0.29) is 0 Å². The molecule has 0 aromatic heterocycles. The molecule has 0 amide bonds. The molecule has 0 aromatic rings. The molecular formula is C2H6SiZr. The normalized spacial score (nSPS) is 7.00. The monoisotopic (exact) mass is 148 g/mol. The van der Waals surface area contributed by atoms with Crippen LogP contribution in [0.4, 0.5) is 0 Å². The van der Waals surface area contributed by atoms with Crippen LogP contribution in [-0.4, -0.2) is 13.1 Å². The van der Waals surface area contributed by atoms with E-state index in [0.717, 1.165) is 0 Å². The molecule has 0 rings (SSSR count). The van der Waals surface area contributed by atoms with Crippen molar-refractivity contribution in [3.63, 3.8) is 0 Å². The molecule has 0 spiro atoms. The second-order valence-electron chi connectivity index (χ2n) is 1.00. The Morgan fingerprint density at radius 1 is 2.00 bits per heavy atom. The molecule has 0 saturated carbocycles. The minimum absolute atomic E-state index is 1.31. The first-order valence-corrected chi connectivity index (χ1v) is 3.48. The van der Waals surface area contributed by atoms with E-state index in [1.54, 1.807) is 27.1 Å². The van der Waals surface area contributed by atoms with Gasteiger partial charge in [0.05, 0.1) is 0 Å². The first-order valence-electron chi connectivity index (χ1n) is 1.25. The van der Waals surface area contributed by atoms with Crippen molar-refractivity contribution < 1.29 is 24.2 Å². The van der Waals surface area contributed by atoms with Crippen molar-refractivity contribution in [2.24, 2.45) is 0 Å². The van der Waals surface area contributed by atoms with E-state index in [1.165, 1.54) is 10.2 Å². The summed E-state index contributed by atoms with van der Waals surface area (Å²) in [5, 5.41) is 0. The Kier molecular flexibility index (Phi) is 2.76. The van der Waals surface area contributed by atoms with Crippen LogP contribution in [0.2, 0.25) is 0 Å². The Hall–Kier alpha value is 0.970. The van der Waals surface area contributed by atoms with Gasteiger partial charge >= 0.3 is 44.2 Å². The van der Waals surface area contributed by atoms with Crippen LogP contribution < -0.4 is 0 Å². The molecule has 0 fully saturated rings. The zero-order valence-corrected chi connectivity index (χ0v) is 7.46. The van der Waals surface area contributed by atoms with Crippen molar-refractivity contribution in [1.82, 2.24) is 0 Å². The predicted octanol–water partition coefficient (Wildman–Crippen LogP) is -0.952. The van der Waals surface area contributed by atoms with E-state index in [1.807, 2.05) is 0 Å². The van der Waals surface area contributed by atoms with Gasteiger partial charge in [0, 0.05) is 0 Å². The van der Waals surface area contributed by atoms with Gasteiger partial charge in [-0.1, -0.05) is 0 Å². The molecule has 0 heterocycles. The summed E-state index contributed by atoms with van der Waals surface area (Å²) in [7, 11) is 1.31. The minimum atomic E-state index is 1.31. The average molecular weight is 149 g/mol. The summed E-state index contributed by atoms with van der Waals surface area (Å²) in [4.78, 5) is 0. The number of hydrogen-bond acceptors (Lipinski definition) is 0. The molecule has 0 unspecified atom stereocenters. The fourth-order valence-electron chi connectivity index (χ4n) is 0. The maximum atomic E-state index is 2.19. The quantitative estimate of drug-likeness (QED) is 0.390. The predicted molar refractivity (Wildman–Crippen MR) is 20.6 cm³/mol. The Morgan fingerprint density at radius 3 is 2.00 bits per heavy atom. The van der Waals surface area contributed by atoms with E-state index in [9.17, 15) is 0 Å². The summed E-state index contributed by atoms with van der Waals surface area (Å²) in [5.41, 5.74) is 0. The Bertz CT molecular complexity index is 29.0.